The van der Waals surface area contributed by atoms with Gasteiger partial charge in [0, 0.05) is 23.7 Å². The molecule has 0 fully saturated rings. The third-order valence-corrected chi connectivity index (χ3v) is 4.78. The maximum atomic E-state index is 12.3. The van der Waals surface area contributed by atoms with Crippen LogP contribution in [0.25, 0.3) is 0 Å². The van der Waals surface area contributed by atoms with Gasteiger partial charge in [-0.1, -0.05) is 13.3 Å². The van der Waals surface area contributed by atoms with Crippen molar-refractivity contribution in [3.63, 3.8) is 0 Å². The van der Waals surface area contributed by atoms with Crippen LogP contribution in [0.3, 0.4) is 0 Å². The van der Waals surface area contributed by atoms with Crippen LogP contribution in [0.2, 0.25) is 0 Å². The van der Waals surface area contributed by atoms with Crippen LogP contribution in [0.4, 0.5) is 0 Å². The van der Waals surface area contributed by atoms with Crippen LogP contribution in [0.15, 0.2) is 18.5 Å². The normalized spacial score (nSPS) is 13.9. The molecule has 2 N–H and O–H groups in total. The van der Waals surface area contributed by atoms with Crippen LogP contribution < -0.4 is 5.32 Å². The number of nitrogens with zero attached hydrogens (tertiary/aromatic N) is 2. The van der Waals surface area contributed by atoms with Gasteiger partial charge in [-0.15, -0.1) is 11.3 Å². The first kappa shape index (κ1) is 16.7. The molecule has 0 spiro atoms. The zero-order valence-corrected chi connectivity index (χ0v) is 14.3. The topological polar surface area (TPSA) is 67.2 Å². The predicted octanol–water partition coefficient (Wildman–Crippen LogP) is 2.38. The van der Waals surface area contributed by atoms with Crippen molar-refractivity contribution in [2.75, 3.05) is 6.54 Å². The lowest BCUT2D eigenvalue weighted by Crippen LogP contribution is -2.38. The Morgan fingerprint density at radius 1 is 1.55 bits per heavy atom. The largest absolute Gasteiger partial charge is 0.383 e. The number of hydrogen-bond donors (Lipinski definition) is 2. The highest BCUT2D eigenvalue weighted by Crippen LogP contribution is 2.23. The number of rotatable bonds is 6. The predicted molar refractivity (Wildman–Crippen MR) is 88.2 cm³/mol. The van der Waals surface area contributed by atoms with Crippen LogP contribution in [-0.2, 0) is 19.1 Å². The summed E-state index contributed by atoms with van der Waals surface area (Å²) in [6, 6.07) is 1.96. The zero-order chi connectivity index (χ0) is 16.3. The standard InChI is InChI=1S/C16H23N3O2S/c1-5-6-12-7-14(22-11(12)2)15(20)17-10-16(3,21)13-8-18-19(4)9-13/h7-9,21H,5-6,10H2,1-4H3,(H,17,20). The lowest BCUT2D eigenvalue weighted by molar-refractivity contribution is 0.0527. The minimum atomic E-state index is -1.14. The number of amides is 1. The average molecular weight is 321 g/mol. The summed E-state index contributed by atoms with van der Waals surface area (Å²) in [4.78, 5) is 14.1. The fourth-order valence-corrected chi connectivity index (χ4v) is 3.28. The van der Waals surface area contributed by atoms with Gasteiger partial charge in [0.25, 0.3) is 5.91 Å². The number of carbonyl (C=O) groups excluding carboxylic acids is 1. The minimum absolute atomic E-state index is 0.139. The molecule has 120 valence electrons. The smallest absolute Gasteiger partial charge is 0.261 e. The molecule has 0 aliphatic heterocycles. The first-order valence-corrected chi connectivity index (χ1v) is 8.24. The molecule has 0 aliphatic rings. The summed E-state index contributed by atoms with van der Waals surface area (Å²) in [6.07, 6.45) is 5.42. The highest BCUT2D eigenvalue weighted by atomic mass is 32.1. The van der Waals surface area contributed by atoms with Crippen LogP contribution in [0, 0.1) is 6.92 Å². The van der Waals surface area contributed by atoms with Crippen molar-refractivity contribution >= 4 is 17.2 Å². The van der Waals surface area contributed by atoms with Gasteiger partial charge in [-0.25, -0.2) is 0 Å². The Bertz CT molecular complexity index is 658. The Morgan fingerprint density at radius 2 is 2.27 bits per heavy atom. The molecule has 22 heavy (non-hydrogen) atoms. The Kier molecular flexibility index (Phi) is 5.03. The SMILES string of the molecule is CCCc1cc(C(=O)NCC(C)(O)c2cnn(C)c2)sc1C. The number of aromatic nitrogens is 2. The summed E-state index contributed by atoms with van der Waals surface area (Å²) in [5, 5.41) is 17.3. The Hall–Kier alpha value is -1.66. The summed E-state index contributed by atoms with van der Waals surface area (Å²) in [5.41, 5.74) is 0.781. The highest BCUT2D eigenvalue weighted by molar-refractivity contribution is 7.14. The third-order valence-electron chi connectivity index (χ3n) is 3.68. The molecule has 1 unspecified atom stereocenters. The molecular weight excluding hydrogens is 298 g/mol. The van der Waals surface area contributed by atoms with E-state index in [1.807, 2.05) is 13.0 Å². The van der Waals surface area contributed by atoms with Gasteiger partial charge in [-0.05, 0) is 31.9 Å². The molecule has 6 heteroatoms. The molecule has 2 heterocycles. The van der Waals surface area contributed by atoms with E-state index >= 15 is 0 Å². The summed E-state index contributed by atoms with van der Waals surface area (Å²) >= 11 is 1.50. The highest BCUT2D eigenvalue weighted by Gasteiger charge is 2.26. The molecule has 0 saturated carbocycles. The van der Waals surface area contributed by atoms with Crippen LogP contribution >= 0.6 is 11.3 Å². The number of aryl methyl sites for hydroxylation is 3. The van der Waals surface area contributed by atoms with Crippen molar-refractivity contribution < 1.29 is 9.90 Å². The van der Waals surface area contributed by atoms with Gasteiger partial charge >= 0.3 is 0 Å². The van der Waals surface area contributed by atoms with E-state index in [1.165, 1.54) is 21.8 Å². The van der Waals surface area contributed by atoms with Crippen LogP contribution in [-0.4, -0.2) is 27.3 Å². The third kappa shape index (κ3) is 3.75. The Morgan fingerprint density at radius 3 is 2.86 bits per heavy atom. The average Bonchev–Trinajstić information content (AvgIpc) is 3.04. The minimum Gasteiger partial charge on any atom is -0.383 e. The number of nitrogens with one attached hydrogen (secondary N) is 1. The van der Waals surface area contributed by atoms with Crippen molar-refractivity contribution in [3.8, 4) is 0 Å². The quantitative estimate of drug-likeness (QED) is 0.858. The van der Waals surface area contributed by atoms with E-state index in [0.29, 0.717) is 10.4 Å². The Balaban J connectivity index is 2.01. The van der Waals surface area contributed by atoms with Gasteiger partial charge in [0.15, 0.2) is 0 Å². The summed E-state index contributed by atoms with van der Waals surface area (Å²) in [5.74, 6) is -0.139. The Labute approximate surface area is 135 Å². The lowest BCUT2D eigenvalue weighted by atomic mass is 10.00. The molecule has 1 amide bonds. The van der Waals surface area contributed by atoms with E-state index in [0.717, 1.165) is 12.8 Å². The van der Waals surface area contributed by atoms with Crippen molar-refractivity contribution in [1.29, 1.82) is 0 Å². The van der Waals surface area contributed by atoms with E-state index < -0.39 is 5.60 Å². The molecule has 2 rings (SSSR count). The van der Waals surface area contributed by atoms with Gasteiger partial charge < -0.3 is 10.4 Å². The van der Waals surface area contributed by atoms with E-state index in [2.05, 4.69) is 17.3 Å². The van der Waals surface area contributed by atoms with E-state index in [-0.39, 0.29) is 12.5 Å². The number of aliphatic hydroxyl groups is 1. The van der Waals surface area contributed by atoms with Crippen molar-refractivity contribution in [2.45, 2.75) is 39.2 Å². The molecule has 0 bridgehead atoms. The molecule has 1 atom stereocenters. The number of hydrogen-bond acceptors (Lipinski definition) is 4. The number of carbonyl (C=O) groups is 1. The van der Waals surface area contributed by atoms with E-state index in [1.54, 1.807) is 31.0 Å². The fourth-order valence-electron chi connectivity index (χ4n) is 2.29. The van der Waals surface area contributed by atoms with Gasteiger partial charge in [0.1, 0.15) is 5.60 Å². The second kappa shape index (κ2) is 6.62. The molecule has 0 aromatic carbocycles. The van der Waals surface area contributed by atoms with Crippen LogP contribution in [0.1, 0.15) is 45.9 Å². The second-order valence-electron chi connectivity index (χ2n) is 5.80. The van der Waals surface area contributed by atoms with Gasteiger partial charge in [0.05, 0.1) is 17.6 Å². The van der Waals surface area contributed by atoms with Gasteiger partial charge in [-0.3, -0.25) is 9.48 Å². The molecule has 0 radical (unpaired) electrons. The number of thiophene rings is 1. The first-order chi connectivity index (χ1) is 10.3. The summed E-state index contributed by atoms with van der Waals surface area (Å²) in [6.45, 7) is 5.99. The first-order valence-electron chi connectivity index (χ1n) is 7.42. The maximum Gasteiger partial charge on any atom is 0.261 e. The zero-order valence-electron chi connectivity index (χ0n) is 13.5. The lowest BCUT2D eigenvalue weighted by Gasteiger charge is -2.22. The second-order valence-corrected chi connectivity index (χ2v) is 7.06. The van der Waals surface area contributed by atoms with Crippen molar-refractivity contribution in [2.24, 2.45) is 7.05 Å². The van der Waals surface area contributed by atoms with Crippen molar-refractivity contribution in [1.82, 2.24) is 15.1 Å². The molecule has 5 nitrogen and oxygen atoms in total. The summed E-state index contributed by atoms with van der Waals surface area (Å²) < 4.78 is 1.63. The molecule has 2 aromatic heterocycles. The monoisotopic (exact) mass is 321 g/mol. The summed E-state index contributed by atoms with van der Waals surface area (Å²) in [7, 11) is 1.79. The van der Waals surface area contributed by atoms with E-state index in [9.17, 15) is 9.90 Å². The molecular formula is C16H23N3O2S. The molecule has 0 aliphatic carbocycles. The van der Waals surface area contributed by atoms with Crippen LogP contribution in [0.5, 0.6) is 0 Å². The maximum absolute atomic E-state index is 12.3. The van der Waals surface area contributed by atoms with Gasteiger partial charge in [-0.2, -0.15) is 5.10 Å². The molecule has 2 aromatic rings. The van der Waals surface area contributed by atoms with Gasteiger partial charge in [0.2, 0.25) is 0 Å². The fraction of sp³-hybridized carbons (Fsp3) is 0.500. The van der Waals surface area contributed by atoms with E-state index in [4.69, 9.17) is 0 Å². The molecule has 0 saturated heterocycles. The van der Waals surface area contributed by atoms with Crippen molar-refractivity contribution in [3.05, 3.63) is 39.3 Å².